The molecular formula is C17H19FN2O3S2. The molecule has 1 aromatic heterocycles. The Morgan fingerprint density at radius 1 is 1.24 bits per heavy atom. The van der Waals surface area contributed by atoms with Crippen LogP contribution in [0.3, 0.4) is 0 Å². The van der Waals surface area contributed by atoms with Gasteiger partial charge in [-0.15, -0.1) is 11.3 Å². The van der Waals surface area contributed by atoms with Gasteiger partial charge in [-0.3, -0.25) is 4.79 Å². The van der Waals surface area contributed by atoms with Gasteiger partial charge in [0.05, 0.1) is 6.42 Å². The molecule has 3 rings (SSSR count). The largest absolute Gasteiger partial charge is 0.342 e. The zero-order valence-electron chi connectivity index (χ0n) is 13.5. The molecule has 2 heterocycles. The van der Waals surface area contributed by atoms with Gasteiger partial charge in [-0.2, -0.15) is 0 Å². The van der Waals surface area contributed by atoms with Crippen molar-refractivity contribution >= 4 is 27.3 Å². The maximum atomic E-state index is 13.2. The monoisotopic (exact) mass is 382 g/mol. The quantitative estimate of drug-likeness (QED) is 0.864. The molecule has 0 aliphatic carbocycles. The van der Waals surface area contributed by atoms with E-state index in [9.17, 15) is 17.6 Å². The Balaban J connectivity index is 1.52. The highest BCUT2D eigenvalue weighted by molar-refractivity contribution is 7.91. The van der Waals surface area contributed by atoms with Gasteiger partial charge in [-0.1, -0.05) is 18.2 Å². The fraction of sp³-hybridized carbons (Fsp3) is 0.353. The fourth-order valence-corrected chi connectivity index (χ4v) is 5.19. The van der Waals surface area contributed by atoms with Gasteiger partial charge in [0, 0.05) is 19.1 Å². The molecule has 25 heavy (non-hydrogen) atoms. The summed E-state index contributed by atoms with van der Waals surface area (Å²) in [5.74, 6) is -0.419. The molecule has 0 atom stereocenters. The second-order valence-corrected chi connectivity index (χ2v) is 8.90. The lowest BCUT2D eigenvalue weighted by Crippen LogP contribution is -2.46. The summed E-state index contributed by atoms with van der Waals surface area (Å²) in [6.07, 6.45) is 1.29. The van der Waals surface area contributed by atoms with Crippen molar-refractivity contribution in [1.82, 2.24) is 9.62 Å². The van der Waals surface area contributed by atoms with Gasteiger partial charge in [0.15, 0.2) is 0 Å². The number of sulfonamides is 1. The number of rotatable bonds is 5. The number of likely N-dealkylation sites (tertiary alicyclic amines) is 1. The summed E-state index contributed by atoms with van der Waals surface area (Å²) in [4.78, 5) is 14.0. The molecule has 1 aliphatic heterocycles. The molecule has 0 bridgehead atoms. The lowest BCUT2D eigenvalue weighted by molar-refractivity contribution is -0.131. The SMILES string of the molecule is O=C(Cc1cccc(F)c1)N1CCC(NS(=O)(=O)c2cccs2)CC1. The number of thiophene rings is 1. The number of halogens is 1. The van der Waals surface area contributed by atoms with E-state index < -0.39 is 10.0 Å². The minimum atomic E-state index is -3.48. The Kier molecular flexibility index (Phi) is 5.51. The molecule has 0 radical (unpaired) electrons. The second-order valence-electron chi connectivity index (χ2n) is 6.02. The van der Waals surface area contributed by atoms with Crippen molar-refractivity contribution in [3.05, 3.63) is 53.2 Å². The topological polar surface area (TPSA) is 66.5 Å². The van der Waals surface area contributed by atoms with Gasteiger partial charge >= 0.3 is 0 Å². The first kappa shape index (κ1) is 18.0. The summed E-state index contributed by atoms with van der Waals surface area (Å²) in [5, 5.41) is 1.72. The van der Waals surface area contributed by atoms with Gasteiger partial charge < -0.3 is 4.90 Å². The summed E-state index contributed by atoms with van der Waals surface area (Å²) in [7, 11) is -3.48. The van der Waals surface area contributed by atoms with Gasteiger partial charge in [0.25, 0.3) is 0 Å². The van der Waals surface area contributed by atoms with Crippen molar-refractivity contribution in [2.24, 2.45) is 0 Å². The lowest BCUT2D eigenvalue weighted by Gasteiger charge is -2.32. The third-order valence-corrected chi connectivity index (χ3v) is 7.09. The van der Waals surface area contributed by atoms with Crippen molar-refractivity contribution in [2.75, 3.05) is 13.1 Å². The highest BCUT2D eigenvalue weighted by atomic mass is 32.2. The number of carbonyl (C=O) groups excluding carboxylic acids is 1. The van der Waals surface area contributed by atoms with Gasteiger partial charge in [-0.05, 0) is 42.0 Å². The van der Waals surface area contributed by atoms with Gasteiger partial charge in [0.2, 0.25) is 15.9 Å². The first-order valence-electron chi connectivity index (χ1n) is 8.02. The van der Waals surface area contributed by atoms with Crippen LogP contribution in [-0.2, 0) is 21.2 Å². The predicted molar refractivity (Wildman–Crippen MR) is 94.3 cm³/mol. The molecule has 0 saturated carbocycles. The predicted octanol–water partition coefficient (Wildman–Crippen LogP) is 2.40. The first-order chi connectivity index (χ1) is 11.9. The fourth-order valence-electron chi connectivity index (χ4n) is 2.87. The van der Waals surface area contributed by atoms with Crippen LogP contribution in [0.25, 0.3) is 0 Å². The van der Waals surface area contributed by atoms with Crippen LogP contribution in [0.2, 0.25) is 0 Å². The van der Waals surface area contributed by atoms with Crippen LogP contribution in [0.5, 0.6) is 0 Å². The maximum absolute atomic E-state index is 13.2. The summed E-state index contributed by atoms with van der Waals surface area (Å²) >= 11 is 1.18. The summed E-state index contributed by atoms with van der Waals surface area (Å²) in [6, 6.07) is 9.12. The van der Waals surface area contributed by atoms with Crippen LogP contribution >= 0.6 is 11.3 Å². The van der Waals surface area contributed by atoms with E-state index in [0.29, 0.717) is 35.7 Å². The molecule has 2 aromatic rings. The van der Waals surface area contributed by atoms with Crippen molar-refractivity contribution in [3.8, 4) is 0 Å². The molecular weight excluding hydrogens is 363 g/mol. The second kappa shape index (κ2) is 7.63. The van der Waals surface area contributed by atoms with E-state index in [1.165, 1.54) is 23.5 Å². The van der Waals surface area contributed by atoms with E-state index in [2.05, 4.69) is 4.72 Å². The van der Waals surface area contributed by atoms with Gasteiger partial charge in [0.1, 0.15) is 10.0 Å². The minimum Gasteiger partial charge on any atom is -0.342 e. The van der Waals surface area contributed by atoms with Crippen molar-refractivity contribution < 1.29 is 17.6 Å². The molecule has 1 amide bonds. The van der Waals surface area contributed by atoms with Gasteiger partial charge in [-0.25, -0.2) is 17.5 Å². The summed E-state index contributed by atoms with van der Waals surface area (Å²) < 4.78 is 40.7. The van der Waals surface area contributed by atoms with Crippen LogP contribution in [0.1, 0.15) is 18.4 Å². The molecule has 0 spiro atoms. The Morgan fingerprint density at radius 3 is 2.64 bits per heavy atom. The minimum absolute atomic E-state index is 0.0647. The summed E-state index contributed by atoms with van der Waals surface area (Å²) in [6.45, 7) is 0.984. The summed E-state index contributed by atoms with van der Waals surface area (Å²) in [5.41, 5.74) is 0.644. The Morgan fingerprint density at radius 2 is 2.00 bits per heavy atom. The zero-order chi connectivity index (χ0) is 17.9. The molecule has 1 N–H and O–H groups in total. The number of carbonyl (C=O) groups is 1. The first-order valence-corrected chi connectivity index (χ1v) is 10.4. The van der Waals surface area contributed by atoms with E-state index in [-0.39, 0.29) is 24.2 Å². The molecule has 1 fully saturated rings. The average molecular weight is 382 g/mol. The van der Waals surface area contributed by atoms with E-state index in [0.717, 1.165) is 0 Å². The van der Waals surface area contributed by atoms with Crippen LogP contribution < -0.4 is 4.72 Å². The zero-order valence-corrected chi connectivity index (χ0v) is 15.2. The van der Waals surface area contributed by atoms with E-state index in [1.807, 2.05) is 0 Å². The molecule has 0 unspecified atom stereocenters. The number of amides is 1. The Bertz CT molecular complexity index is 829. The molecule has 134 valence electrons. The molecule has 8 heteroatoms. The standard InChI is InChI=1S/C17H19FN2O3S2/c18-14-4-1-3-13(11-14)12-16(21)20-8-6-15(7-9-20)19-25(22,23)17-5-2-10-24-17/h1-5,10-11,15,19H,6-9,12H2. The molecule has 1 aromatic carbocycles. The van der Waals surface area contributed by atoms with Crippen LogP contribution in [-0.4, -0.2) is 38.4 Å². The van der Waals surface area contributed by atoms with Crippen molar-refractivity contribution in [1.29, 1.82) is 0 Å². The smallest absolute Gasteiger partial charge is 0.250 e. The normalized spacial score (nSPS) is 16.1. The third kappa shape index (κ3) is 4.65. The van der Waals surface area contributed by atoms with Crippen LogP contribution in [0.4, 0.5) is 4.39 Å². The highest BCUT2D eigenvalue weighted by Gasteiger charge is 2.27. The number of benzene rings is 1. The number of hydrogen-bond acceptors (Lipinski definition) is 4. The highest BCUT2D eigenvalue weighted by Crippen LogP contribution is 2.19. The lowest BCUT2D eigenvalue weighted by atomic mass is 10.0. The Labute approximate surface area is 150 Å². The van der Waals surface area contributed by atoms with E-state index >= 15 is 0 Å². The molecule has 1 aliphatic rings. The van der Waals surface area contributed by atoms with Crippen LogP contribution in [0.15, 0.2) is 46.0 Å². The third-order valence-electron chi connectivity index (χ3n) is 4.17. The maximum Gasteiger partial charge on any atom is 0.250 e. The van der Waals surface area contributed by atoms with Crippen molar-refractivity contribution in [3.63, 3.8) is 0 Å². The van der Waals surface area contributed by atoms with E-state index in [4.69, 9.17) is 0 Å². The average Bonchev–Trinajstić information content (AvgIpc) is 3.10. The van der Waals surface area contributed by atoms with E-state index in [1.54, 1.807) is 34.5 Å². The number of nitrogens with zero attached hydrogens (tertiary/aromatic N) is 1. The van der Waals surface area contributed by atoms with Crippen LogP contribution in [0, 0.1) is 5.82 Å². The number of nitrogens with one attached hydrogen (secondary N) is 1. The van der Waals surface area contributed by atoms with Crippen molar-refractivity contribution in [2.45, 2.75) is 29.5 Å². The number of piperidine rings is 1. The molecule has 1 saturated heterocycles. The Hall–Kier alpha value is -1.77. The number of hydrogen-bond donors (Lipinski definition) is 1. The molecule has 5 nitrogen and oxygen atoms in total.